The van der Waals surface area contributed by atoms with Gasteiger partial charge >= 0.3 is 5.97 Å². The first kappa shape index (κ1) is 26.2. The van der Waals surface area contributed by atoms with Crippen LogP contribution in [0, 0.1) is 0 Å². The zero-order chi connectivity index (χ0) is 26.7. The average Bonchev–Trinajstić information content (AvgIpc) is 3.15. The number of hydrogen-bond acceptors (Lipinski definition) is 8. The highest BCUT2D eigenvalue weighted by atomic mass is 32.1. The standard InChI is InChI=1S/C28H30N2O6S/c1-6-34-20-11-9-19(10-12-20)25-24(27(33)36-16(3)4)17(5)29-28-30(25)26(32)23(37-28)15-18-8-13-21(31)22(14-18)35-7-2/h8-16,25,31H,6-7H2,1-5H3/b23-15+/t25-/m1/s1. The lowest BCUT2D eigenvalue weighted by Crippen LogP contribution is -2.40. The number of aromatic nitrogens is 1. The minimum Gasteiger partial charge on any atom is -0.504 e. The second kappa shape index (κ2) is 11.0. The normalized spacial score (nSPS) is 15.4. The van der Waals surface area contributed by atoms with Gasteiger partial charge < -0.3 is 19.3 Å². The Morgan fingerprint density at radius 2 is 1.84 bits per heavy atom. The van der Waals surface area contributed by atoms with Crippen molar-refractivity contribution in [3.63, 3.8) is 0 Å². The highest BCUT2D eigenvalue weighted by Crippen LogP contribution is 2.32. The lowest BCUT2D eigenvalue weighted by atomic mass is 9.96. The molecule has 37 heavy (non-hydrogen) atoms. The third-order valence-electron chi connectivity index (χ3n) is 5.67. The van der Waals surface area contributed by atoms with Crippen LogP contribution in [0.1, 0.15) is 51.8 Å². The van der Waals surface area contributed by atoms with Gasteiger partial charge in [0.15, 0.2) is 16.3 Å². The maximum atomic E-state index is 13.7. The molecule has 0 amide bonds. The number of carbonyl (C=O) groups is 1. The first-order chi connectivity index (χ1) is 17.7. The van der Waals surface area contributed by atoms with Gasteiger partial charge in [0, 0.05) is 0 Å². The van der Waals surface area contributed by atoms with Crippen LogP contribution in [-0.2, 0) is 9.53 Å². The number of phenolic OH excluding ortho intramolecular Hbond substituents is 1. The van der Waals surface area contributed by atoms with Crippen molar-refractivity contribution in [2.75, 3.05) is 13.2 Å². The minimum absolute atomic E-state index is 0.0277. The summed E-state index contributed by atoms with van der Waals surface area (Å²) in [5.74, 6) is 0.554. The fourth-order valence-electron chi connectivity index (χ4n) is 4.13. The highest BCUT2D eigenvalue weighted by molar-refractivity contribution is 7.07. The minimum atomic E-state index is -0.709. The lowest BCUT2D eigenvalue weighted by molar-refractivity contribution is -0.143. The van der Waals surface area contributed by atoms with Crippen molar-refractivity contribution in [3.05, 3.63) is 84.5 Å². The van der Waals surface area contributed by atoms with E-state index in [1.165, 1.54) is 17.4 Å². The second-order valence-electron chi connectivity index (χ2n) is 8.70. The van der Waals surface area contributed by atoms with Gasteiger partial charge in [0.25, 0.3) is 5.56 Å². The van der Waals surface area contributed by atoms with Crippen LogP contribution >= 0.6 is 11.3 Å². The van der Waals surface area contributed by atoms with Crippen LogP contribution in [0.25, 0.3) is 6.08 Å². The van der Waals surface area contributed by atoms with Crippen LogP contribution < -0.4 is 24.4 Å². The number of benzene rings is 2. The van der Waals surface area contributed by atoms with E-state index in [1.807, 2.05) is 38.1 Å². The lowest BCUT2D eigenvalue weighted by Gasteiger charge is -2.25. The molecule has 0 saturated heterocycles. The van der Waals surface area contributed by atoms with Crippen molar-refractivity contribution in [2.45, 2.75) is 46.8 Å². The summed E-state index contributed by atoms with van der Waals surface area (Å²) in [5, 5.41) is 10.0. The van der Waals surface area contributed by atoms with Gasteiger partial charge in [-0.15, -0.1) is 0 Å². The third kappa shape index (κ3) is 5.46. The molecular formula is C28H30N2O6S. The fourth-order valence-corrected chi connectivity index (χ4v) is 5.18. The first-order valence-electron chi connectivity index (χ1n) is 12.2. The van der Waals surface area contributed by atoms with E-state index in [4.69, 9.17) is 14.2 Å². The largest absolute Gasteiger partial charge is 0.504 e. The van der Waals surface area contributed by atoms with Crippen LogP contribution in [0.5, 0.6) is 17.2 Å². The van der Waals surface area contributed by atoms with Crippen molar-refractivity contribution in [1.29, 1.82) is 0 Å². The molecular weight excluding hydrogens is 492 g/mol. The number of ether oxygens (including phenoxy) is 3. The Labute approximate surface area is 218 Å². The van der Waals surface area contributed by atoms with E-state index in [0.29, 0.717) is 50.9 Å². The Balaban J connectivity index is 1.89. The SMILES string of the molecule is CCOc1ccc([C@@H]2C(C(=O)OC(C)C)=C(C)N=c3s/c(=C/c4ccc(O)c(OCC)c4)c(=O)n32)cc1. The predicted molar refractivity (Wildman–Crippen MR) is 142 cm³/mol. The zero-order valence-electron chi connectivity index (χ0n) is 21.5. The van der Waals surface area contributed by atoms with Gasteiger partial charge in [-0.2, -0.15) is 0 Å². The number of hydrogen-bond donors (Lipinski definition) is 1. The summed E-state index contributed by atoms with van der Waals surface area (Å²) < 4.78 is 18.6. The van der Waals surface area contributed by atoms with E-state index < -0.39 is 12.0 Å². The van der Waals surface area contributed by atoms with E-state index >= 15 is 0 Å². The number of thiazole rings is 1. The van der Waals surface area contributed by atoms with Gasteiger partial charge in [0.1, 0.15) is 5.75 Å². The first-order valence-corrected chi connectivity index (χ1v) is 13.0. The monoisotopic (exact) mass is 522 g/mol. The second-order valence-corrected chi connectivity index (χ2v) is 9.71. The maximum Gasteiger partial charge on any atom is 0.338 e. The van der Waals surface area contributed by atoms with Crippen LogP contribution in [0.2, 0.25) is 0 Å². The number of nitrogens with zero attached hydrogens (tertiary/aromatic N) is 2. The molecule has 0 radical (unpaired) electrons. The van der Waals surface area contributed by atoms with Crippen molar-refractivity contribution in [1.82, 2.24) is 4.57 Å². The smallest absolute Gasteiger partial charge is 0.338 e. The van der Waals surface area contributed by atoms with Crippen molar-refractivity contribution in [2.24, 2.45) is 4.99 Å². The molecule has 0 bridgehead atoms. The summed E-state index contributed by atoms with van der Waals surface area (Å²) in [5.41, 5.74) is 1.97. The number of phenols is 1. The number of aromatic hydroxyl groups is 1. The quantitative estimate of drug-likeness (QED) is 0.453. The Kier molecular flexibility index (Phi) is 7.83. The van der Waals surface area contributed by atoms with Gasteiger partial charge in [-0.05, 0) is 76.1 Å². The molecule has 0 saturated carbocycles. The molecule has 0 fully saturated rings. The van der Waals surface area contributed by atoms with Crippen molar-refractivity contribution in [3.8, 4) is 17.2 Å². The summed E-state index contributed by atoms with van der Waals surface area (Å²) in [6, 6.07) is 11.5. The van der Waals surface area contributed by atoms with E-state index in [-0.39, 0.29) is 17.4 Å². The van der Waals surface area contributed by atoms with Crippen molar-refractivity contribution >= 4 is 23.4 Å². The van der Waals surface area contributed by atoms with Gasteiger partial charge in [0.2, 0.25) is 0 Å². The van der Waals surface area contributed by atoms with Crippen LogP contribution in [0.4, 0.5) is 0 Å². The van der Waals surface area contributed by atoms with Crippen LogP contribution in [-0.4, -0.2) is 35.0 Å². The molecule has 1 aliphatic heterocycles. The molecule has 2 heterocycles. The topological polar surface area (TPSA) is 99.4 Å². The molecule has 4 rings (SSSR count). The molecule has 0 aliphatic carbocycles. The molecule has 9 heteroatoms. The molecule has 0 unspecified atom stereocenters. The van der Waals surface area contributed by atoms with Crippen molar-refractivity contribution < 1.29 is 24.1 Å². The Bertz CT molecular complexity index is 1520. The molecule has 8 nitrogen and oxygen atoms in total. The third-order valence-corrected chi connectivity index (χ3v) is 6.66. The van der Waals surface area contributed by atoms with E-state index in [2.05, 4.69) is 4.99 Å². The van der Waals surface area contributed by atoms with Gasteiger partial charge in [-0.1, -0.05) is 29.5 Å². The molecule has 1 atom stereocenters. The molecule has 1 aliphatic rings. The summed E-state index contributed by atoms with van der Waals surface area (Å²) >= 11 is 1.24. The number of rotatable bonds is 8. The molecule has 1 N–H and O–H groups in total. The highest BCUT2D eigenvalue weighted by Gasteiger charge is 2.33. The maximum absolute atomic E-state index is 13.7. The number of allylic oxidation sites excluding steroid dienone is 1. The van der Waals surface area contributed by atoms with Gasteiger partial charge in [0.05, 0.1) is 41.2 Å². The molecule has 194 valence electrons. The summed E-state index contributed by atoms with van der Waals surface area (Å²) in [6.07, 6.45) is 1.40. The summed E-state index contributed by atoms with van der Waals surface area (Å²) in [7, 11) is 0. The number of fused-ring (bicyclic) bond motifs is 1. The van der Waals surface area contributed by atoms with E-state index in [1.54, 1.807) is 43.5 Å². The number of carbonyl (C=O) groups excluding carboxylic acids is 1. The fraction of sp³-hybridized carbons (Fsp3) is 0.321. The zero-order valence-corrected chi connectivity index (χ0v) is 22.3. The Hall–Kier alpha value is -3.85. The van der Waals surface area contributed by atoms with Gasteiger partial charge in [-0.25, -0.2) is 9.79 Å². The molecule has 0 spiro atoms. The van der Waals surface area contributed by atoms with E-state index in [0.717, 1.165) is 5.56 Å². The summed E-state index contributed by atoms with van der Waals surface area (Å²) in [4.78, 5) is 32.0. The Morgan fingerprint density at radius 3 is 2.49 bits per heavy atom. The van der Waals surface area contributed by atoms with E-state index in [9.17, 15) is 14.7 Å². The average molecular weight is 523 g/mol. The predicted octanol–water partition coefficient (Wildman–Crippen LogP) is 3.69. The van der Waals surface area contributed by atoms with Gasteiger partial charge in [-0.3, -0.25) is 9.36 Å². The Morgan fingerprint density at radius 1 is 1.14 bits per heavy atom. The van der Waals surface area contributed by atoms with Crippen LogP contribution in [0.3, 0.4) is 0 Å². The molecule has 1 aromatic heterocycles. The summed E-state index contributed by atoms with van der Waals surface area (Å²) in [6.45, 7) is 9.98. The molecule has 2 aromatic carbocycles. The van der Waals surface area contributed by atoms with Crippen LogP contribution in [0.15, 0.2) is 63.5 Å². The molecule has 3 aromatic rings. The number of esters is 1.